The number of carbonyl (C=O) groups excluding carboxylic acids is 1. The number of rotatable bonds is 4. The van der Waals surface area contributed by atoms with Gasteiger partial charge in [0.25, 0.3) is 0 Å². The maximum Gasteiger partial charge on any atom is 0.249 e. The highest BCUT2D eigenvalue weighted by molar-refractivity contribution is 5.78. The summed E-state index contributed by atoms with van der Waals surface area (Å²) in [6, 6.07) is 3.43. The first-order valence-electron chi connectivity index (χ1n) is 10.2. The summed E-state index contributed by atoms with van der Waals surface area (Å²) < 4.78 is 26.9. The standard InChI is InChI=1S/C22H25F2N3O2/c1-14-25-12-16(13-26-14)10-15-2-4-17(5-3-15)22(28)27-21(8-9-29-27)18-6-7-19(23)20(24)11-18/h6-7,11-13,15,17,21H,2-5,8-10H2,1H3/t15?,17?,21-/m0/s1. The molecule has 1 amide bonds. The number of aromatic nitrogens is 2. The van der Waals surface area contributed by atoms with Crippen LogP contribution in [0.25, 0.3) is 0 Å². The minimum atomic E-state index is -0.901. The third-order valence-corrected chi connectivity index (χ3v) is 6.01. The van der Waals surface area contributed by atoms with E-state index in [-0.39, 0.29) is 17.9 Å². The molecule has 2 heterocycles. The molecule has 154 valence electrons. The highest BCUT2D eigenvalue weighted by atomic mass is 19.2. The summed E-state index contributed by atoms with van der Waals surface area (Å²) in [6.45, 7) is 2.27. The Kier molecular flexibility index (Phi) is 5.85. The van der Waals surface area contributed by atoms with E-state index in [0.29, 0.717) is 24.5 Å². The average Bonchev–Trinajstić information content (AvgIpc) is 3.22. The summed E-state index contributed by atoms with van der Waals surface area (Å²) in [5.41, 5.74) is 1.70. The predicted molar refractivity (Wildman–Crippen MR) is 102 cm³/mol. The van der Waals surface area contributed by atoms with Crippen molar-refractivity contribution < 1.29 is 18.4 Å². The first kappa shape index (κ1) is 19.9. The molecule has 1 atom stereocenters. The number of benzene rings is 1. The van der Waals surface area contributed by atoms with Gasteiger partial charge in [0.05, 0.1) is 12.6 Å². The van der Waals surface area contributed by atoms with Crippen LogP contribution >= 0.6 is 0 Å². The van der Waals surface area contributed by atoms with Gasteiger partial charge in [0.15, 0.2) is 11.6 Å². The van der Waals surface area contributed by atoms with Crippen LogP contribution in [0.15, 0.2) is 30.6 Å². The van der Waals surface area contributed by atoms with Crippen LogP contribution in [-0.4, -0.2) is 27.5 Å². The van der Waals surface area contributed by atoms with Gasteiger partial charge in [-0.2, -0.15) is 0 Å². The van der Waals surface area contributed by atoms with Crippen molar-refractivity contribution >= 4 is 5.91 Å². The van der Waals surface area contributed by atoms with Crippen LogP contribution < -0.4 is 0 Å². The quantitative estimate of drug-likeness (QED) is 0.766. The Balaban J connectivity index is 1.36. The summed E-state index contributed by atoms with van der Waals surface area (Å²) in [5, 5.41) is 1.39. The van der Waals surface area contributed by atoms with Gasteiger partial charge in [-0.1, -0.05) is 6.07 Å². The number of amides is 1. The molecule has 2 fully saturated rings. The Hall–Kier alpha value is -2.41. The van der Waals surface area contributed by atoms with Crippen LogP contribution in [0.1, 0.15) is 55.1 Å². The largest absolute Gasteiger partial charge is 0.272 e. The number of halogens is 2. The van der Waals surface area contributed by atoms with Gasteiger partial charge in [-0.25, -0.2) is 23.8 Å². The van der Waals surface area contributed by atoms with E-state index in [9.17, 15) is 13.6 Å². The summed E-state index contributed by atoms with van der Waals surface area (Å²) in [7, 11) is 0. The zero-order chi connectivity index (χ0) is 20.4. The van der Waals surface area contributed by atoms with Crippen LogP contribution in [0, 0.1) is 30.4 Å². The van der Waals surface area contributed by atoms with Gasteiger partial charge in [-0.15, -0.1) is 0 Å². The smallest absolute Gasteiger partial charge is 0.249 e. The van der Waals surface area contributed by atoms with Crippen LogP contribution in [0.3, 0.4) is 0 Å². The molecule has 0 unspecified atom stereocenters. The zero-order valence-corrected chi connectivity index (χ0v) is 16.5. The van der Waals surface area contributed by atoms with Crippen molar-refractivity contribution in [2.24, 2.45) is 11.8 Å². The van der Waals surface area contributed by atoms with E-state index < -0.39 is 11.6 Å². The third kappa shape index (κ3) is 4.45. The minimum Gasteiger partial charge on any atom is -0.272 e. The van der Waals surface area contributed by atoms with Crippen molar-refractivity contribution in [2.45, 2.75) is 51.5 Å². The molecular formula is C22H25F2N3O2. The lowest BCUT2D eigenvalue weighted by Gasteiger charge is -2.32. The molecule has 1 saturated heterocycles. The minimum absolute atomic E-state index is 0.0469. The Labute approximate surface area is 169 Å². The van der Waals surface area contributed by atoms with E-state index >= 15 is 0 Å². The molecule has 2 aromatic rings. The normalized spacial score (nSPS) is 24.7. The van der Waals surface area contributed by atoms with E-state index in [2.05, 4.69) is 9.97 Å². The van der Waals surface area contributed by atoms with Gasteiger partial charge in [0.1, 0.15) is 5.82 Å². The van der Waals surface area contributed by atoms with Crippen LogP contribution in [-0.2, 0) is 16.1 Å². The molecule has 1 saturated carbocycles. The molecule has 1 aromatic heterocycles. The average molecular weight is 401 g/mol. The summed E-state index contributed by atoms with van der Waals surface area (Å²) in [4.78, 5) is 27.1. The van der Waals surface area contributed by atoms with Crippen LogP contribution in [0.2, 0.25) is 0 Å². The van der Waals surface area contributed by atoms with Gasteiger partial charge in [0.2, 0.25) is 5.91 Å². The van der Waals surface area contributed by atoms with Crippen molar-refractivity contribution in [3.05, 3.63) is 59.2 Å². The fourth-order valence-electron chi connectivity index (χ4n) is 4.36. The maximum absolute atomic E-state index is 13.6. The molecule has 29 heavy (non-hydrogen) atoms. The molecule has 1 aromatic carbocycles. The van der Waals surface area contributed by atoms with Crippen molar-refractivity contribution in [1.82, 2.24) is 15.0 Å². The Bertz CT molecular complexity index is 867. The number of aryl methyl sites for hydroxylation is 1. The van der Waals surface area contributed by atoms with E-state index in [1.54, 1.807) is 0 Å². The Morgan fingerprint density at radius 1 is 1.10 bits per heavy atom. The van der Waals surface area contributed by atoms with E-state index in [4.69, 9.17) is 4.84 Å². The summed E-state index contributed by atoms with van der Waals surface area (Å²) in [6.07, 6.45) is 8.82. The fourth-order valence-corrected chi connectivity index (χ4v) is 4.36. The molecule has 5 nitrogen and oxygen atoms in total. The molecule has 2 aliphatic rings. The lowest BCUT2D eigenvalue weighted by Crippen LogP contribution is -2.36. The topological polar surface area (TPSA) is 55.3 Å². The van der Waals surface area contributed by atoms with Crippen molar-refractivity contribution in [2.75, 3.05) is 6.61 Å². The second kappa shape index (κ2) is 8.53. The van der Waals surface area contributed by atoms with Crippen molar-refractivity contribution in [3.63, 3.8) is 0 Å². The monoisotopic (exact) mass is 401 g/mol. The highest BCUT2D eigenvalue weighted by Gasteiger charge is 2.37. The zero-order valence-electron chi connectivity index (χ0n) is 16.5. The van der Waals surface area contributed by atoms with E-state index in [1.165, 1.54) is 11.1 Å². The Morgan fingerprint density at radius 3 is 2.52 bits per heavy atom. The first-order valence-corrected chi connectivity index (χ1v) is 10.2. The molecule has 0 bridgehead atoms. The van der Waals surface area contributed by atoms with Gasteiger partial charge < -0.3 is 0 Å². The van der Waals surface area contributed by atoms with E-state index in [1.807, 2.05) is 19.3 Å². The molecule has 1 aliphatic heterocycles. The number of carbonyl (C=O) groups is 1. The molecular weight excluding hydrogens is 376 g/mol. The first-order chi connectivity index (χ1) is 14.0. The number of hydrogen-bond donors (Lipinski definition) is 0. The maximum atomic E-state index is 13.6. The third-order valence-electron chi connectivity index (χ3n) is 6.01. The molecule has 0 N–H and O–H groups in total. The number of hydrogen-bond acceptors (Lipinski definition) is 4. The highest BCUT2D eigenvalue weighted by Crippen LogP contribution is 2.37. The second-order valence-corrected chi connectivity index (χ2v) is 8.04. The predicted octanol–water partition coefficient (Wildman–Crippen LogP) is 4.32. The lowest BCUT2D eigenvalue weighted by molar-refractivity contribution is -0.183. The van der Waals surface area contributed by atoms with Gasteiger partial charge >= 0.3 is 0 Å². The van der Waals surface area contributed by atoms with Gasteiger partial charge in [-0.05, 0) is 68.2 Å². The summed E-state index contributed by atoms with van der Waals surface area (Å²) >= 11 is 0. The molecule has 7 heteroatoms. The lowest BCUT2D eigenvalue weighted by atomic mass is 9.79. The molecule has 0 spiro atoms. The fraction of sp³-hybridized carbons (Fsp3) is 0.500. The van der Waals surface area contributed by atoms with Gasteiger partial charge in [-0.3, -0.25) is 9.63 Å². The van der Waals surface area contributed by atoms with Crippen molar-refractivity contribution in [1.29, 1.82) is 0 Å². The molecule has 4 rings (SSSR count). The van der Waals surface area contributed by atoms with Crippen LogP contribution in [0.5, 0.6) is 0 Å². The van der Waals surface area contributed by atoms with Crippen molar-refractivity contribution in [3.8, 4) is 0 Å². The SMILES string of the molecule is Cc1ncc(CC2CCC(C(=O)N3OCC[C@H]3c3ccc(F)c(F)c3)CC2)cn1. The number of hydroxylamine groups is 2. The number of nitrogens with zero attached hydrogens (tertiary/aromatic N) is 3. The van der Waals surface area contributed by atoms with Gasteiger partial charge in [0, 0.05) is 24.7 Å². The van der Waals surface area contributed by atoms with E-state index in [0.717, 1.165) is 55.6 Å². The van der Waals surface area contributed by atoms with Crippen LogP contribution in [0.4, 0.5) is 8.78 Å². The molecule has 0 radical (unpaired) electrons. The Morgan fingerprint density at radius 2 is 1.83 bits per heavy atom. The molecule has 1 aliphatic carbocycles. The summed E-state index contributed by atoms with van der Waals surface area (Å²) in [5.74, 6) is -0.637. The second-order valence-electron chi connectivity index (χ2n) is 8.04.